The molecule has 1 heterocycles. The van der Waals surface area contributed by atoms with Gasteiger partial charge in [-0.2, -0.15) is 0 Å². The zero-order valence-corrected chi connectivity index (χ0v) is 17.7. The molecule has 0 aliphatic carbocycles. The van der Waals surface area contributed by atoms with Gasteiger partial charge in [0.15, 0.2) is 6.10 Å². The van der Waals surface area contributed by atoms with E-state index in [1.807, 2.05) is 32.9 Å². The number of carbonyl (C=O) groups is 2. The Kier molecular flexibility index (Phi) is 6.22. The second-order valence-corrected chi connectivity index (χ2v) is 8.77. The summed E-state index contributed by atoms with van der Waals surface area (Å²) in [5.41, 5.74) is 3.85. The molecule has 0 unspecified atom stereocenters. The van der Waals surface area contributed by atoms with Crippen molar-refractivity contribution >= 4 is 60.8 Å². The fraction of sp³-hybridized carbons (Fsp3) is 0.294. The largest absolute Gasteiger partial charge is 0.448 e. The Morgan fingerprint density at radius 2 is 1.71 bits per heavy atom. The van der Waals surface area contributed by atoms with Gasteiger partial charge >= 0.3 is 5.97 Å². The summed E-state index contributed by atoms with van der Waals surface area (Å²) in [5.74, 6) is -0.875. The summed E-state index contributed by atoms with van der Waals surface area (Å²) < 4.78 is 6.84. The molecule has 1 amide bonds. The number of ether oxygens (including phenoxy) is 1. The predicted octanol–water partition coefficient (Wildman–Crippen LogP) is 5.38. The summed E-state index contributed by atoms with van der Waals surface area (Å²) in [6, 6.07) is 5.66. The molecule has 0 spiro atoms. The van der Waals surface area contributed by atoms with E-state index in [0.717, 1.165) is 30.6 Å². The van der Waals surface area contributed by atoms with Crippen molar-refractivity contribution in [2.24, 2.45) is 0 Å². The number of nitrogens with one attached hydrogen (secondary N) is 1. The Morgan fingerprint density at radius 3 is 2.21 bits per heavy atom. The van der Waals surface area contributed by atoms with Crippen LogP contribution in [-0.4, -0.2) is 18.0 Å². The molecule has 24 heavy (non-hydrogen) atoms. The minimum absolute atomic E-state index is 0.354. The number of hydrogen-bond donors (Lipinski definition) is 1. The third-order valence-corrected chi connectivity index (χ3v) is 6.66. The normalized spacial score (nSPS) is 11.9. The highest BCUT2D eigenvalue weighted by molar-refractivity contribution is 9.13. The van der Waals surface area contributed by atoms with Gasteiger partial charge in [-0.15, -0.1) is 11.3 Å². The Balaban J connectivity index is 2.06. The lowest BCUT2D eigenvalue weighted by molar-refractivity contribution is -0.123. The third-order valence-electron chi connectivity index (χ3n) is 3.42. The molecular weight excluding hydrogens is 458 g/mol. The molecule has 0 aliphatic heterocycles. The van der Waals surface area contributed by atoms with Gasteiger partial charge in [-0.3, -0.25) is 4.79 Å². The van der Waals surface area contributed by atoms with Gasteiger partial charge < -0.3 is 10.1 Å². The molecule has 0 bridgehead atoms. The second-order valence-electron chi connectivity index (χ2n) is 5.54. The first-order chi connectivity index (χ1) is 11.2. The number of halogens is 2. The number of benzene rings is 1. The van der Waals surface area contributed by atoms with Crippen LogP contribution in [0.2, 0.25) is 0 Å². The van der Waals surface area contributed by atoms with Crippen molar-refractivity contribution in [2.45, 2.75) is 33.8 Å². The topological polar surface area (TPSA) is 55.4 Å². The summed E-state index contributed by atoms with van der Waals surface area (Å²) in [6.07, 6.45) is -0.891. The van der Waals surface area contributed by atoms with Crippen LogP contribution >= 0.6 is 43.2 Å². The summed E-state index contributed by atoms with van der Waals surface area (Å²) in [7, 11) is 0. The van der Waals surface area contributed by atoms with Crippen LogP contribution in [0.15, 0.2) is 26.5 Å². The van der Waals surface area contributed by atoms with Crippen LogP contribution in [0, 0.1) is 20.8 Å². The number of aryl methyl sites for hydroxylation is 3. The van der Waals surface area contributed by atoms with Crippen molar-refractivity contribution in [3.8, 4) is 0 Å². The van der Waals surface area contributed by atoms with E-state index in [1.165, 1.54) is 11.3 Å². The van der Waals surface area contributed by atoms with Gasteiger partial charge in [-0.1, -0.05) is 17.7 Å². The van der Waals surface area contributed by atoms with Crippen LogP contribution in [0.25, 0.3) is 0 Å². The first-order valence-electron chi connectivity index (χ1n) is 7.23. The fourth-order valence-corrected chi connectivity index (χ4v) is 4.24. The fourth-order valence-electron chi connectivity index (χ4n) is 2.32. The van der Waals surface area contributed by atoms with Crippen molar-refractivity contribution in [2.75, 3.05) is 5.32 Å². The number of carbonyl (C=O) groups excluding carboxylic acids is 2. The Morgan fingerprint density at radius 1 is 1.12 bits per heavy atom. The van der Waals surface area contributed by atoms with Crippen molar-refractivity contribution < 1.29 is 14.3 Å². The Hall–Kier alpha value is -1.18. The molecule has 0 fully saturated rings. The lowest BCUT2D eigenvalue weighted by atomic mass is 10.0. The lowest BCUT2D eigenvalue weighted by Crippen LogP contribution is -2.30. The van der Waals surface area contributed by atoms with E-state index < -0.39 is 12.1 Å². The van der Waals surface area contributed by atoms with Crippen LogP contribution < -0.4 is 5.32 Å². The van der Waals surface area contributed by atoms with E-state index in [4.69, 9.17) is 4.74 Å². The Labute approximate surface area is 161 Å². The van der Waals surface area contributed by atoms with Gasteiger partial charge in [0, 0.05) is 10.2 Å². The molecule has 1 N–H and O–H groups in total. The molecule has 0 saturated heterocycles. The van der Waals surface area contributed by atoms with Gasteiger partial charge in [0.2, 0.25) is 0 Å². The quantitative estimate of drug-likeness (QED) is 0.605. The van der Waals surface area contributed by atoms with Gasteiger partial charge in [0.25, 0.3) is 5.91 Å². The number of anilines is 1. The number of hydrogen-bond acceptors (Lipinski definition) is 4. The van der Waals surface area contributed by atoms with Crippen LogP contribution in [-0.2, 0) is 9.53 Å². The molecule has 2 rings (SSSR count). The SMILES string of the molecule is Cc1cc(C)c(NC(=O)[C@@H](C)OC(=O)c2cc(Br)c(Br)s2)c(C)c1. The highest BCUT2D eigenvalue weighted by Gasteiger charge is 2.22. The van der Waals surface area contributed by atoms with Gasteiger partial charge in [-0.25, -0.2) is 4.79 Å². The third kappa shape index (κ3) is 4.46. The molecule has 7 heteroatoms. The summed E-state index contributed by atoms with van der Waals surface area (Å²) in [5, 5.41) is 2.85. The number of amides is 1. The molecule has 4 nitrogen and oxygen atoms in total. The van der Waals surface area contributed by atoms with E-state index in [9.17, 15) is 9.59 Å². The smallest absolute Gasteiger partial charge is 0.349 e. The first kappa shape index (κ1) is 19.1. The van der Waals surface area contributed by atoms with Gasteiger partial charge in [-0.05, 0) is 76.7 Å². The minimum atomic E-state index is -0.891. The summed E-state index contributed by atoms with van der Waals surface area (Å²) in [4.78, 5) is 24.9. The molecular formula is C17H17Br2NO3S. The van der Waals surface area contributed by atoms with Crippen LogP contribution in [0.4, 0.5) is 5.69 Å². The molecule has 1 aromatic carbocycles. The minimum Gasteiger partial charge on any atom is -0.448 e. The maximum Gasteiger partial charge on any atom is 0.349 e. The van der Waals surface area contributed by atoms with Crippen LogP contribution in [0.3, 0.4) is 0 Å². The number of rotatable bonds is 4. The van der Waals surface area contributed by atoms with Crippen molar-refractivity contribution in [1.29, 1.82) is 0 Å². The zero-order chi connectivity index (χ0) is 18.0. The monoisotopic (exact) mass is 473 g/mol. The molecule has 1 aromatic heterocycles. The van der Waals surface area contributed by atoms with E-state index >= 15 is 0 Å². The highest BCUT2D eigenvalue weighted by atomic mass is 79.9. The number of thiophene rings is 1. The highest BCUT2D eigenvalue weighted by Crippen LogP contribution is 2.33. The maximum absolute atomic E-state index is 12.3. The number of esters is 1. The summed E-state index contributed by atoms with van der Waals surface area (Å²) >= 11 is 7.90. The van der Waals surface area contributed by atoms with Gasteiger partial charge in [0.05, 0.1) is 3.79 Å². The molecule has 128 valence electrons. The molecule has 0 saturated carbocycles. The van der Waals surface area contributed by atoms with Crippen molar-refractivity contribution in [3.63, 3.8) is 0 Å². The second kappa shape index (κ2) is 7.80. The van der Waals surface area contributed by atoms with Crippen molar-refractivity contribution in [1.82, 2.24) is 0 Å². The molecule has 1 atom stereocenters. The van der Waals surface area contributed by atoms with E-state index in [-0.39, 0.29) is 5.91 Å². The predicted molar refractivity (Wildman–Crippen MR) is 104 cm³/mol. The molecule has 0 radical (unpaired) electrons. The average Bonchev–Trinajstić information content (AvgIpc) is 2.82. The zero-order valence-electron chi connectivity index (χ0n) is 13.7. The van der Waals surface area contributed by atoms with E-state index in [0.29, 0.717) is 4.88 Å². The van der Waals surface area contributed by atoms with E-state index in [1.54, 1.807) is 13.0 Å². The average molecular weight is 475 g/mol. The molecule has 2 aromatic rings. The van der Waals surface area contributed by atoms with Crippen LogP contribution in [0.5, 0.6) is 0 Å². The maximum atomic E-state index is 12.3. The first-order valence-corrected chi connectivity index (χ1v) is 9.63. The van der Waals surface area contributed by atoms with E-state index in [2.05, 4.69) is 37.2 Å². The van der Waals surface area contributed by atoms with Gasteiger partial charge in [0.1, 0.15) is 4.88 Å². The summed E-state index contributed by atoms with van der Waals surface area (Å²) in [6.45, 7) is 7.44. The molecule has 0 aliphatic rings. The lowest BCUT2D eigenvalue weighted by Gasteiger charge is -2.16. The van der Waals surface area contributed by atoms with Crippen LogP contribution in [0.1, 0.15) is 33.3 Å². The van der Waals surface area contributed by atoms with Crippen molar-refractivity contribution in [3.05, 3.63) is 48.0 Å². The Bertz CT molecular complexity index is 759. The standard InChI is InChI=1S/C17H17Br2NO3S/c1-8-5-9(2)14(10(3)6-8)20-16(21)11(4)23-17(22)13-7-12(18)15(19)24-13/h5-7,11H,1-4H3,(H,20,21)/t11-/m1/s1.